The maximum absolute atomic E-state index is 12.6. The summed E-state index contributed by atoms with van der Waals surface area (Å²) in [4.78, 5) is 17.0. The summed E-state index contributed by atoms with van der Waals surface area (Å²) < 4.78 is 1.78. The van der Waals surface area contributed by atoms with Crippen molar-refractivity contribution in [3.05, 3.63) is 32.7 Å². The number of carbonyl (C=O) groups is 1. The molecule has 0 unspecified atom stereocenters. The monoisotopic (exact) mass is 402 g/mol. The minimum Gasteiger partial charge on any atom is -0.339 e. The summed E-state index contributed by atoms with van der Waals surface area (Å²) >= 11 is 6.90. The molecule has 20 heavy (non-hydrogen) atoms. The highest BCUT2D eigenvalue weighted by Crippen LogP contribution is 2.25. The second-order valence-electron chi connectivity index (χ2n) is 5.21. The topological polar surface area (TPSA) is 23.6 Å². The standard InChI is InChI=1S/C15H20Br2N2O/c1-3-19-8-6-12(7-9-19)18(2)15(20)13-10-11(16)4-5-14(13)17/h4-5,10,12H,3,6-9H2,1-2H3. The molecular weight excluding hydrogens is 384 g/mol. The molecule has 5 heteroatoms. The Labute approximate surface area is 137 Å². The molecule has 0 spiro atoms. The van der Waals surface area contributed by atoms with Crippen molar-refractivity contribution in [1.29, 1.82) is 0 Å². The maximum atomic E-state index is 12.6. The Hall–Kier alpha value is -0.390. The van der Waals surface area contributed by atoms with E-state index in [0.29, 0.717) is 6.04 Å². The van der Waals surface area contributed by atoms with Crippen molar-refractivity contribution in [3.63, 3.8) is 0 Å². The molecule has 0 radical (unpaired) electrons. The van der Waals surface area contributed by atoms with Gasteiger partial charge in [-0.15, -0.1) is 0 Å². The lowest BCUT2D eigenvalue weighted by Crippen LogP contribution is -2.45. The zero-order valence-electron chi connectivity index (χ0n) is 11.9. The van der Waals surface area contributed by atoms with Gasteiger partial charge in [0.15, 0.2) is 0 Å². The second kappa shape index (κ2) is 7.05. The number of hydrogen-bond donors (Lipinski definition) is 0. The summed E-state index contributed by atoms with van der Waals surface area (Å²) in [6, 6.07) is 6.06. The van der Waals surface area contributed by atoms with E-state index < -0.39 is 0 Å². The van der Waals surface area contributed by atoms with Crippen LogP contribution in [0.2, 0.25) is 0 Å². The summed E-state index contributed by atoms with van der Waals surface area (Å²) in [5.41, 5.74) is 0.722. The molecule has 2 rings (SSSR count). The SMILES string of the molecule is CCN1CCC(N(C)C(=O)c2cc(Br)ccc2Br)CC1. The number of hydrogen-bond acceptors (Lipinski definition) is 2. The number of piperidine rings is 1. The molecule has 3 nitrogen and oxygen atoms in total. The van der Waals surface area contributed by atoms with Crippen LogP contribution in [-0.4, -0.2) is 48.4 Å². The van der Waals surface area contributed by atoms with Crippen molar-refractivity contribution >= 4 is 37.8 Å². The van der Waals surface area contributed by atoms with Gasteiger partial charge in [0.25, 0.3) is 5.91 Å². The van der Waals surface area contributed by atoms with Crippen molar-refractivity contribution < 1.29 is 4.79 Å². The van der Waals surface area contributed by atoms with Crippen LogP contribution in [0.1, 0.15) is 30.1 Å². The lowest BCUT2D eigenvalue weighted by molar-refractivity contribution is 0.0646. The number of likely N-dealkylation sites (tertiary alicyclic amines) is 1. The lowest BCUT2D eigenvalue weighted by Gasteiger charge is -2.36. The van der Waals surface area contributed by atoms with E-state index in [1.54, 1.807) is 0 Å². The van der Waals surface area contributed by atoms with Gasteiger partial charge in [-0.3, -0.25) is 4.79 Å². The average Bonchev–Trinajstić information content (AvgIpc) is 2.48. The van der Waals surface area contributed by atoms with Crippen LogP contribution in [0.5, 0.6) is 0 Å². The Morgan fingerprint density at radius 1 is 1.35 bits per heavy atom. The van der Waals surface area contributed by atoms with Gasteiger partial charge in [-0.1, -0.05) is 22.9 Å². The molecule has 1 aliphatic rings. The van der Waals surface area contributed by atoms with Gasteiger partial charge >= 0.3 is 0 Å². The molecule has 1 saturated heterocycles. The first-order valence-corrected chi connectivity index (χ1v) is 8.56. The molecule has 1 amide bonds. The van der Waals surface area contributed by atoms with Crippen LogP contribution >= 0.6 is 31.9 Å². The third-order valence-corrected chi connectivity index (χ3v) is 5.22. The van der Waals surface area contributed by atoms with Crippen molar-refractivity contribution in [2.45, 2.75) is 25.8 Å². The predicted molar refractivity (Wildman–Crippen MR) is 89.1 cm³/mol. The van der Waals surface area contributed by atoms with E-state index in [4.69, 9.17) is 0 Å². The van der Waals surface area contributed by atoms with E-state index in [0.717, 1.165) is 47.0 Å². The summed E-state index contributed by atoms with van der Waals surface area (Å²) in [6.07, 6.45) is 2.11. The second-order valence-corrected chi connectivity index (χ2v) is 6.98. The minimum atomic E-state index is 0.0909. The van der Waals surface area contributed by atoms with E-state index >= 15 is 0 Å². The normalized spacial score (nSPS) is 17.2. The quantitative estimate of drug-likeness (QED) is 0.766. The van der Waals surface area contributed by atoms with E-state index in [2.05, 4.69) is 43.7 Å². The maximum Gasteiger partial charge on any atom is 0.255 e. The van der Waals surface area contributed by atoms with E-state index in [9.17, 15) is 4.79 Å². The molecule has 0 N–H and O–H groups in total. The fourth-order valence-corrected chi connectivity index (χ4v) is 3.42. The molecule has 1 heterocycles. The van der Waals surface area contributed by atoms with Gasteiger partial charge in [-0.25, -0.2) is 0 Å². The Kier molecular flexibility index (Phi) is 5.64. The summed E-state index contributed by atoms with van der Waals surface area (Å²) in [5.74, 6) is 0.0909. The fraction of sp³-hybridized carbons (Fsp3) is 0.533. The Bertz CT molecular complexity index is 485. The van der Waals surface area contributed by atoms with Crippen LogP contribution in [0.25, 0.3) is 0 Å². The zero-order chi connectivity index (χ0) is 14.7. The van der Waals surface area contributed by atoms with Crippen LogP contribution < -0.4 is 0 Å². The first kappa shape index (κ1) is 16.0. The van der Waals surface area contributed by atoms with Gasteiger partial charge < -0.3 is 9.80 Å². The summed E-state index contributed by atoms with van der Waals surface area (Å²) in [6.45, 7) is 5.45. The number of benzene rings is 1. The highest BCUT2D eigenvalue weighted by atomic mass is 79.9. The molecule has 1 aliphatic heterocycles. The van der Waals surface area contributed by atoms with Gasteiger partial charge in [0, 0.05) is 35.1 Å². The van der Waals surface area contributed by atoms with Crippen molar-refractivity contribution in [1.82, 2.24) is 9.80 Å². The Morgan fingerprint density at radius 2 is 2.00 bits per heavy atom. The molecule has 0 saturated carbocycles. The summed E-state index contributed by atoms with van der Waals surface area (Å²) in [5, 5.41) is 0. The van der Waals surface area contributed by atoms with Crippen LogP contribution in [0, 0.1) is 0 Å². The largest absolute Gasteiger partial charge is 0.339 e. The summed E-state index contributed by atoms with van der Waals surface area (Å²) in [7, 11) is 1.92. The smallest absolute Gasteiger partial charge is 0.255 e. The number of carbonyl (C=O) groups excluding carboxylic acids is 1. The fourth-order valence-electron chi connectivity index (χ4n) is 2.64. The zero-order valence-corrected chi connectivity index (χ0v) is 15.1. The van der Waals surface area contributed by atoms with Gasteiger partial charge in [-0.05, 0) is 53.5 Å². The Balaban J connectivity index is 2.07. The van der Waals surface area contributed by atoms with E-state index in [1.165, 1.54) is 0 Å². The first-order chi connectivity index (χ1) is 9.52. The molecule has 0 aliphatic carbocycles. The first-order valence-electron chi connectivity index (χ1n) is 6.97. The van der Waals surface area contributed by atoms with Gasteiger partial charge in [0.2, 0.25) is 0 Å². The van der Waals surface area contributed by atoms with Crippen LogP contribution in [-0.2, 0) is 0 Å². The molecule has 110 valence electrons. The number of halogens is 2. The molecule has 0 bridgehead atoms. The molecule has 0 atom stereocenters. The van der Waals surface area contributed by atoms with E-state index in [-0.39, 0.29) is 5.91 Å². The van der Waals surface area contributed by atoms with Gasteiger partial charge in [0.05, 0.1) is 5.56 Å². The number of nitrogens with zero attached hydrogens (tertiary/aromatic N) is 2. The van der Waals surface area contributed by atoms with Crippen LogP contribution in [0.4, 0.5) is 0 Å². The van der Waals surface area contributed by atoms with Crippen molar-refractivity contribution in [3.8, 4) is 0 Å². The van der Waals surface area contributed by atoms with Gasteiger partial charge in [0.1, 0.15) is 0 Å². The molecule has 0 aromatic heterocycles. The third kappa shape index (κ3) is 3.62. The molecule has 1 aromatic carbocycles. The number of amides is 1. The predicted octanol–water partition coefficient (Wildman–Crippen LogP) is 3.77. The van der Waals surface area contributed by atoms with E-state index in [1.807, 2.05) is 30.1 Å². The lowest BCUT2D eigenvalue weighted by atomic mass is 10.0. The highest BCUT2D eigenvalue weighted by molar-refractivity contribution is 9.11. The van der Waals surface area contributed by atoms with Crippen LogP contribution in [0.3, 0.4) is 0 Å². The molecule has 1 aromatic rings. The van der Waals surface area contributed by atoms with Crippen molar-refractivity contribution in [2.24, 2.45) is 0 Å². The number of rotatable bonds is 3. The highest BCUT2D eigenvalue weighted by Gasteiger charge is 2.26. The van der Waals surface area contributed by atoms with Crippen LogP contribution in [0.15, 0.2) is 27.1 Å². The molecular formula is C15H20Br2N2O. The minimum absolute atomic E-state index is 0.0909. The Morgan fingerprint density at radius 3 is 2.60 bits per heavy atom. The molecule has 1 fully saturated rings. The third-order valence-electron chi connectivity index (χ3n) is 4.03. The van der Waals surface area contributed by atoms with Gasteiger partial charge in [-0.2, -0.15) is 0 Å². The average molecular weight is 404 g/mol. The van der Waals surface area contributed by atoms with Crippen molar-refractivity contribution in [2.75, 3.05) is 26.7 Å².